The second kappa shape index (κ2) is 18.2. The van der Waals surface area contributed by atoms with E-state index < -0.39 is 0 Å². The summed E-state index contributed by atoms with van der Waals surface area (Å²) in [5.74, 6) is 0. The molecular weight excluding hydrogens is 183 g/mol. The second-order valence-corrected chi connectivity index (χ2v) is 0. The summed E-state index contributed by atoms with van der Waals surface area (Å²) in [7, 11) is 0. The van der Waals surface area contributed by atoms with Gasteiger partial charge in [-0.05, 0) is 0 Å². The molecule has 0 aromatic rings. The third-order valence-electron chi connectivity index (χ3n) is 0. The first-order chi connectivity index (χ1) is 0. The molecule has 0 unspecified atom stereocenters. The van der Waals surface area contributed by atoms with Crippen LogP contribution >= 0.6 is 0 Å². The third-order valence-corrected chi connectivity index (χ3v) is 0. The quantitative estimate of drug-likeness (QED) is 0.433. The van der Waals surface area contributed by atoms with Crippen LogP contribution in [0.15, 0.2) is 0 Å². The van der Waals surface area contributed by atoms with Crippen LogP contribution in [0, 0.1) is 0 Å². The maximum atomic E-state index is 0. The van der Waals surface area contributed by atoms with E-state index >= 15 is 0 Å². The van der Waals surface area contributed by atoms with E-state index in [4.69, 9.17) is 0 Å². The van der Waals surface area contributed by atoms with E-state index in [0.29, 0.717) is 0 Å². The van der Waals surface area contributed by atoms with Gasteiger partial charge < -0.3 is 0 Å². The molecule has 0 saturated heterocycles. The van der Waals surface area contributed by atoms with Gasteiger partial charge in [0.05, 0.1) is 0 Å². The van der Waals surface area contributed by atoms with Crippen molar-refractivity contribution >= 4 is 36.5 Å². The van der Waals surface area contributed by atoms with Gasteiger partial charge in [-0.15, -0.1) is 0 Å². The molecule has 0 heterocycles. The van der Waals surface area contributed by atoms with Gasteiger partial charge in [0.15, 0.2) is 0 Å². The largest absolute Gasteiger partial charge is 0 e. The van der Waals surface area contributed by atoms with Crippen molar-refractivity contribution in [3.05, 3.63) is 0 Å². The number of hydrogen-bond donors (Lipinski definition) is 0. The molecule has 0 spiro atoms. The van der Waals surface area contributed by atoms with E-state index in [0.717, 1.165) is 0 Å². The molecule has 4 heavy (non-hydrogen) atoms. The van der Waals surface area contributed by atoms with Crippen LogP contribution in [0.4, 0.5) is 0 Å². The SMILES string of the molecule is [Fe].[Ge].[Li].[Ti]. The summed E-state index contributed by atoms with van der Waals surface area (Å²) in [6.07, 6.45) is 0. The number of hydrogen-bond acceptors (Lipinski definition) is 0. The molecule has 0 aromatic heterocycles. The molecule has 0 aromatic carbocycles. The predicted molar refractivity (Wildman–Crippen MR) is 11.5 cm³/mol. The Morgan fingerprint density at radius 3 is 1.00 bits per heavy atom. The molecule has 0 saturated carbocycles. The summed E-state index contributed by atoms with van der Waals surface area (Å²) >= 11 is 0. The van der Waals surface area contributed by atoms with Crippen molar-refractivity contribution in [1.29, 1.82) is 0 Å². The average molecular weight is 183 g/mol. The summed E-state index contributed by atoms with van der Waals surface area (Å²) in [5.41, 5.74) is 0. The summed E-state index contributed by atoms with van der Waals surface area (Å²) in [4.78, 5) is 0. The van der Waals surface area contributed by atoms with E-state index in [1.54, 1.807) is 0 Å². The van der Waals surface area contributed by atoms with E-state index in [-0.39, 0.29) is 75.2 Å². The zero-order valence-corrected chi connectivity index (χ0v) is 7.12. The normalized spacial score (nSPS) is 0. The summed E-state index contributed by atoms with van der Waals surface area (Å²) in [6, 6.07) is 0. The Labute approximate surface area is 74.4 Å². The first kappa shape index (κ1) is 32.7. The molecule has 0 atom stereocenters. The Kier molecular flexibility index (Phi) is 149. The zero-order valence-electron chi connectivity index (χ0n) is 2.35. The fourth-order valence-electron chi connectivity index (χ4n) is 0. The zero-order chi connectivity index (χ0) is 0. The number of rotatable bonds is 0. The van der Waals surface area contributed by atoms with Gasteiger partial charge in [-0.25, -0.2) is 0 Å². The van der Waals surface area contributed by atoms with Crippen molar-refractivity contribution in [1.82, 2.24) is 0 Å². The van der Waals surface area contributed by atoms with Crippen molar-refractivity contribution in [2.45, 2.75) is 0 Å². The monoisotopic (exact) mass is 185 g/mol. The topological polar surface area (TPSA) is 0 Å². The average Bonchev–Trinajstić information content (AvgIpc) is 0. The van der Waals surface area contributed by atoms with Crippen LogP contribution in [0.2, 0.25) is 0 Å². The Morgan fingerprint density at radius 2 is 1.00 bits per heavy atom. The Morgan fingerprint density at radius 1 is 1.00 bits per heavy atom. The van der Waals surface area contributed by atoms with Crippen molar-refractivity contribution in [2.75, 3.05) is 0 Å². The fourth-order valence-corrected chi connectivity index (χ4v) is 0. The van der Waals surface area contributed by atoms with E-state index in [1.165, 1.54) is 0 Å². The van der Waals surface area contributed by atoms with Gasteiger partial charge in [0.2, 0.25) is 0 Å². The van der Waals surface area contributed by atoms with E-state index in [9.17, 15) is 0 Å². The first-order valence-corrected chi connectivity index (χ1v) is 0. The standard InChI is InChI=1S/Fe.Ge.Li.Ti. The fraction of sp³-hybridized carbons (Fsp3) is 0. The predicted octanol–water partition coefficient (Wildman–Crippen LogP) is -0.767. The first-order valence-electron chi connectivity index (χ1n) is 0. The van der Waals surface area contributed by atoms with Crippen LogP contribution in [0.3, 0.4) is 0 Å². The molecule has 5 radical (unpaired) electrons. The third kappa shape index (κ3) is 8.84. The van der Waals surface area contributed by atoms with Gasteiger partial charge in [-0.3, -0.25) is 0 Å². The molecule has 0 nitrogen and oxygen atoms in total. The molecular formula is FeGeLiTi. The molecule has 17 valence electrons. The molecule has 0 N–H and O–H groups in total. The van der Waals surface area contributed by atoms with Gasteiger partial charge in [0, 0.05) is 75.2 Å². The van der Waals surface area contributed by atoms with Gasteiger partial charge in [0.25, 0.3) is 0 Å². The van der Waals surface area contributed by atoms with Gasteiger partial charge in [-0.1, -0.05) is 0 Å². The second-order valence-electron chi connectivity index (χ2n) is 0. The maximum absolute atomic E-state index is 0. The molecule has 0 amide bonds. The van der Waals surface area contributed by atoms with Crippen LogP contribution < -0.4 is 0 Å². The minimum atomic E-state index is 0. The minimum Gasteiger partial charge on any atom is 0 e. The summed E-state index contributed by atoms with van der Waals surface area (Å²) < 4.78 is 0. The van der Waals surface area contributed by atoms with Crippen LogP contribution in [0.25, 0.3) is 0 Å². The Balaban J connectivity index is 0. The minimum absolute atomic E-state index is 0. The van der Waals surface area contributed by atoms with Crippen LogP contribution in [0.5, 0.6) is 0 Å². The van der Waals surface area contributed by atoms with Crippen LogP contribution in [0.1, 0.15) is 0 Å². The van der Waals surface area contributed by atoms with Gasteiger partial charge >= 0.3 is 0 Å². The summed E-state index contributed by atoms with van der Waals surface area (Å²) in [5, 5.41) is 0. The molecule has 4 heteroatoms. The molecule has 0 bridgehead atoms. The van der Waals surface area contributed by atoms with E-state index in [1.807, 2.05) is 0 Å². The van der Waals surface area contributed by atoms with Gasteiger partial charge in [-0.2, -0.15) is 0 Å². The molecule has 0 fully saturated rings. The maximum Gasteiger partial charge on any atom is 0 e. The molecule has 0 aliphatic heterocycles. The van der Waals surface area contributed by atoms with Crippen LogP contribution in [-0.2, 0) is 38.8 Å². The molecule has 0 rings (SSSR count). The van der Waals surface area contributed by atoms with E-state index in [2.05, 4.69) is 0 Å². The molecule has 0 aliphatic carbocycles. The molecule has 0 aliphatic rings. The Hall–Kier alpha value is 2.37. The van der Waals surface area contributed by atoms with Crippen molar-refractivity contribution < 1.29 is 38.8 Å². The van der Waals surface area contributed by atoms with Crippen LogP contribution in [-0.4, -0.2) is 36.5 Å². The van der Waals surface area contributed by atoms with Crippen molar-refractivity contribution in [3.63, 3.8) is 0 Å². The van der Waals surface area contributed by atoms with Crippen molar-refractivity contribution in [3.8, 4) is 0 Å². The van der Waals surface area contributed by atoms with Gasteiger partial charge in [0.1, 0.15) is 0 Å². The smallest absolute Gasteiger partial charge is 0 e. The Bertz CT molecular complexity index is 8.00. The summed E-state index contributed by atoms with van der Waals surface area (Å²) in [6.45, 7) is 0. The van der Waals surface area contributed by atoms with Crippen molar-refractivity contribution in [2.24, 2.45) is 0 Å².